The second-order valence-corrected chi connectivity index (χ2v) is 3.99. The number of halogens is 1. The Bertz CT molecular complexity index is 598. The summed E-state index contributed by atoms with van der Waals surface area (Å²) in [7, 11) is 0. The number of carboxylic acid groups (broad SMARTS) is 1. The number of carboxylic acids is 1. The second kappa shape index (κ2) is 6.56. The Balaban J connectivity index is 1.81. The Morgan fingerprint density at radius 2 is 1.60 bits per heavy atom. The number of carbonyl (C=O) groups is 1. The standard InChI is InChI=1S/C15H13FO4/c16-12-4-2-6-14(10-12)20-8-7-19-13-5-1-3-11(9-13)15(17)18/h1-6,9-10H,7-8H2,(H,17,18). The van der Waals surface area contributed by atoms with Gasteiger partial charge in [-0.3, -0.25) is 0 Å². The molecule has 0 amide bonds. The van der Waals surface area contributed by atoms with Crippen LogP contribution in [-0.2, 0) is 0 Å². The number of benzene rings is 2. The minimum atomic E-state index is -1.01. The highest BCUT2D eigenvalue weighted by Crippen LogP contribution is 2.14. The van der Waals surface area contributed by atoms with E-state index in [0.717, 1.165) is 0 Å². The smallest absolute Gasteiger partial charge is 0.335 e. The van der Waals surface area contributed by atoms with Crippen molar-refractivity contribution in [1.29, 1.82) is 0 Å². The van der Waals surface area contributed by atoms with Gasteiger partial charge in [0.05, 0.1) is 5.56 Å². The average molecular weight is 276 g/mol. The van der Waals surface area contributed by atoms with E-state index in [1.807, 2.05) is 0 Å². The van der Waals surface area contributed by atoms with Crippen molar-refractivity contribution in [1.82, 2.24) is 0 Å². The van der Waals surface area contributed by atoms with Crippen molar-refractivity contribution in [3.63, 3.8) is 0 Å². The molecule has 104 valence electrons. The normalized spacial score (nSPS) is 10.1. The lowest BCUT2D eigenvalue weighted by atomic mass is 10.2. The summed E-state index contributed by atoms with van der Waals surface area (Å²) in [6.07, 6.45) is 0. The first-order valence-corrected chi connectivity index (χ1v) is 6.00. The van der Waals surface area contributed by atoms with Gasteiger partial charge in [-0.05, 0) is 30.3 Å². The van der Waals surface area contributed by atoms with Gasteiger partial charge < -0.3 is 14.6 Å². The molecule has 0 bridgehead atoms. The van der Waals surface area contributed by atoms with Crippen molar-refractivity contribution >= 4 is 5.97 Å². The van der Waals surface area contributed by atoms with Gasteiger partial charge in [0.25, 0.3) is 0 Å². The Hall–Kier alpha value is -2.56. The fourth-order valence-electron chi connectivity index (χ4n) is 1.59. The molecule has 0 saturated heterocycles. The van der Waals surface area contributed by atoms with Crippen molar-refractivity contribution in [2.24, 2.45) is 0 Å². The summed E-state index contributed by atoms with van der Waals surface area (Å²) in [6.45, 7) is 0.473. The summed E-state index contributed by atoms with van der Waals surface area (Å²) >= 11 is 0. The van der Waals surface area contributed by atoms with Crippen LogP contribution in [0.5, 0.6) is 11.5 Å². The molecule has 5 heteroatoms. The molecule has 0 unspecified atom stereocenters. The Kier molecular flexibility index (Phi) is 4.55. The molecule has 0 aromatic heterocycles. The molecular formula is C15H13FO4. The third-order valence-corrected chi connectivity index (χ3v) is 2.50. The van der Waals surface area contributed by atoms with Crippen LogP contribution in [0.4, 0.5) is 4.39 Å². The van der Waals surface area contributed by atoms with E-state index < -0.39 is 5.97 Å². The van der Waals surface area contributed by atoms with E-state index in [9.17, 15) is 9.18 Å². The van der Waals surface area contributed by atoms with E-state index in [4.69, 9.17) is 14.6 Å². The summed E-state index contributed by atoms with van der Waals surface area (Å²) in [6, 6.07) is 12.0. The van der Waals surface area contributed by atoms with E-state index in [1.165, 1.54) is 24.3 Å². The molecule has 0 saturated carbocycles. The Morgan fingerprint density at radius 3 is 2.20 bits per heavy atom. The number of ether oxygens (including phenoxy) is 2. The van der Waals surface area contributed by atoms with Crippen LogP contribution in [0.2, 0.25) is 0 Å². The van der Waals surface area contributed by atoms with Crippen molar-refractivity contribution in [3.8, 4) is 11.5 Å². The number of hydrogen-bond acceptors (Lipinski definition) is 3. The van der Waals surface area contributed by atoms with Crippen LogP contribution >= 0.6 is 0 Å². The van der Waals surface area contributed by atoms with Crippen LogP contribution in [0.15, 0.2) is 48.5 Å². The van der Waals surface area contributed by atoms with E-state index in [0.29, 0.717) is 11.5 Å². The number of aromatic carboxylic acids is 1. The summed E-state index contributed by atoms with van der Waals surface area (Å²) in [5.41, 5.74) is 0.161. The van der Waals surface area contributed by atoms with Crippen LogP contribution in [0.25, 0.3) is 0 Å². The van der Waals surface area contributed by atoms with Gasteiger partial charge in [0, 0.05) is 6.07 Å². The second-order valence-electron chi connectivity index (χ2n) is 3.99. The molecule has 0 fully saturated rings. The van der Waals surface area contributed by atoms with Crippen molar-refractivity contribution < 1.29 is 23.8 Å². The van der Waals surface area contributed by atoms with Gasteiger partial charge in [-0.15, -0.1) is 0 Å². The van der Waals surface area contributed by atoms with Crippen LogP contribution in [-0.4, -0.2) is 24.3 Å². The summed E-state index contributed by atoms with van der Waals surface area (Å²) in [5, 5.41) is 8.84. The largest absolute Gasteiger partial charge is 0.490 e. The minimum absolute atomic E-state index is 0.161. The maximum Gasteiger partial charge on any atom is 0.335 e. The fourth-order valence-corrected chi connectivity index (χ4v) is 1.59. The van der Waals surface area contributed by atoms with Gasteiger partial charge in [-0.2, -0.15) is 0 Å². The number of hydrogen-bond donors (Lipinski definition) is 1. The molecule has 0 spiro atoms. The topological polar surface area (TPSA) is 55.8 Å². The molecule has 0 radical (unpaired) electrons. The first kappa shape index (κ1) is 13.9. The van der Waals surface area contributed by atoms with Crippen LogP contribution in [0.3, 0.4) is 0 Å². The fraction of sp³-hybridized carbons (Fsp3) is 0.133. The average Bonchev–Trinajstić information content (AvgIpc) is 2.44. The van der Waals surface area contributed by atoms with Crippen molar-refractivity contribution in [2.45, 2.75) is 0 Å². The Morgan fingerprint density at radius 1 is 1.00 bits per heavy atom. The van der Waals surface area contributed by atoms with E-state index in [-0.39, 0.29) is 24.6 Å². The highest BCUT2D eigenvalue weighted by molar-refractivity contribution is 5.87. The minimum Gasteiger partial charge on any atom is -0.490 e. The third-order valence-electron chi connectivity index (χ3n) is 2.50. The first-order chi connectivity index (χ1) is 9.65. The summed E-state index contributed by atoms with van der Waals surface area (Å²) < 4.78 is 23.6. The quantitative estimate of drug-likeness (QED) is 0.824. The zero-order chi connectivity index (χ0) is 14.4. The molecule has 0 aliphatic carbocycles. The van der Waals surface area contributed by atoms with Crippen LogP contribution in [0.1, 0.15) is 10.4 Å². The first-order valence-electron chi connectivity index (χ1n) is 6.00. The van der Waals surface area contributed by atoms with Crippen LogP contribution < -0.4 is 9.47 Å². The molecule has 0 aliphatic heterocycles. The summed E-state index contributed by atoms with van der Waals surface area (Å²) in [5.74, 6) is -0.496. The highest BCUT2D eigenvalue weighted by Gasteiger charge is 2.03. The van der Waals surface area contributed by atoms with E-state index in [2.05, 4.69) is 0 Å². The molecule has 2 aromatic rings. The molecule has 0 heterocycles. The van der Waals surface area contributed by atoms with Gasteiger partial charge in [-0.1, -0.05) is 12.1 Å². The van der Waals surface area contributed by atoms with Gasteiger partial charge in [0.2, 0.25) is 0 Å². The SMILES string of the molecule is O=C(O)c1cccc(OCCOc2cccc(F)c2)c1. The van der Waals surface area contributed by atoms with Gasteiger partial charge in [0.1, 0.15) is 30.5 Å². The maximum absolute atomic E-state index is 12.9. The predicted octanol–water partition coefficient (Wildman–Crippen LogP) is 2.98. The van der Waals surface area contributed by atoms with Gasteiger partial charge >= 0.3 is 5.97 Å². The van der Waals surface area contributed by atoms with Gasteiger partial charge in [-0.25, -0.2) is 9.18 Å². The van der Waals surface area contributed by atoms with E-state index >= 15 is 0 Å². The lowest BCUT2D eigenvalue weighted by Crippen LogP contribution is -2.09. The lowest BCUT2D eigenvalue weighted by molar-refractivity contribution is 0.0696. The van der Waals surface area contributed by atoms with Gasteiger partial charge in [0.15, 0.2) is 0 Å². The predicted molar refractivity (Wildman–Crippen MR) is 70.8 cm³/mol. The lowest BCUT2D eigenvalue weighted by Gasteiger charge is -2.08. The monoisotopic (exact) mass is 276 g/mol. The molecule has 0 atom stereocenters. The maximum atomic E-state index is 12.9. The summed E-state index contributed by atoms with van der Waals surface area (Å²) in [4.78, 5) is 10.8. The molecule has 20 heavy (non-hydrogen) atoms. The highest BCUT2D eigenvalue weighted by atomic mass is 19.1. The molecule has 0 aliphatic rings. The van der Waals surface area contributed by atoms with E-state index in [1.54, 1.807) is 24.3 Å². The molecule has 1 N–H and O–H groups in total. The zero-order valence-electron chi connectivity index (χ0n) is 10.6. The Labute approximate surface area is 115 Å². The van der Waals surface area contributed by atoms with Crippen LogP contribution in [0, 0.1) is 5.82 Å². The third kappa shape index (κ3) is 3.98. The zero-order valence-corrected chi connectivity index (χ0v) is 10.6. The molecular weight excluding hydrogens is 263 g/mol. The molecule has 2 rings (SSSR count). The number of rotatable bonds is 6. The van der Waals surface area contributed by atoms with Crippen molar-refractivity contribution in [3.05, 3.63) is 59.9 Å². The van der Waals surface area contributed by atoms with Crippen molar-refractivity contribution in [2.75, 3.05) is 13.2 Å². The molecule has 2 aromatic carbocycles. The molecule has 4 nitrogen and oxygen atoms in total.